The lowest BCUT2D eigenvalue weighted by Gasteiger charge is -2.26. The van der Waals surface area contributed by atoms with E-state index in [9.17, 15) is 13.2 Å². The number of hydrogen-bond acceptors (Lipinski definition) is 6. The molecule has 2 aliphatic heterocycles. The van der Waals surface area contributed by atoms with Gasteiger partial charge in [0.15, 0.2) is 0 Å². The van der Waals surface area contributed by atoms with Crippen LogP contribution in [-0.4, -0.2) is 50.3 Å². The van der Waals surface area contributed by atoms with Gasteiger partial charge in [0, 0.05) is 18.7 Å². The summed E-state index contributed by atoms with van der Waals surface area (Å²) in [4.78, 5) is 13.1. The Morgan fingerprint density at radius 3 is 2.34 bits per heavy atom. The minimum Gasteiger partial charge on any atom is -0.495 e. The van der Waals surface area contributed by atoms with Gasteiger partial charge in [-0.3, -0.25) is 4.79 Å². The maximum Gasteiger partial charge on any atom is 0.255 e. The van der Waals surface area contributed by atoms with Crippen LogP contribution in [0.4, 0.5) is 5.69 Å². The number of piperidine rings is 1. The summed E-state index contributed by atoms with van der Waals surface area (Å²) in [6.07, 6.45) is 4.02. The summed E-state index contributed by atoms with van der Waals surface area (Å²) in [6.45, 7) is 1.06. The number of nitrogens with one attached hydrogen (secondary N) is 1. The monoisotopic (exact) mass is 492 g/mol. The molecule has 2 saturated heterocycles. The van der Waals surface area contributed by atoms with Crippen LogP contribution in [0.2, 0.25) is 0 Å². The SMILES string of the molecule is COc1ccc(S(=O)(=O)N2CCCCC2)cc1NC(=O)c1ccc(C2SCCCS2)cc1. The summed E-state index contributed by atoms with van der Waals surface area (Å²) < 4.78 is 33.4. The Kier molecular flexibility index (Phi) is 7.70. The molecular weight excluding hydrogens is 464 g/mol. The summed E-state index contributed by atoms with van der Waals surface area (Å²) in [5.74, 6) is 2.45. The molecule has 6 nitrogen and oxygen atoms in total. The van der Waals surface area contributed by atoms with E-state index in [1.165, 1.54) is 35.5 Å². The maximum absolute atomic E-state index is 13.1. The topological polar surface area (TPSA) is 75.7 Å². The summed E-state index contributed by atoms with van der Waals surface area (Å²) in [5.41, 5.74) is 2.08. The van der Waals surface area contributed by atoms with Crippen molar-refractivity contribution < 1.29 is 17.9 Å². The van der Waals surface area contributed by atoms with Gasteiger partial charge in [-0.05, 0) is 66.7 Å². The Morgan fingerprint density at radius 2 is 1.69 bits per heavy atom. The molecule has 32 heavy (non-hydrogen) atoms. The molecule has 0 spiro atoms. The van der Waals surface area contributed by atoms with Gasteiger partial charge in [-0.15, -0.1) is 23.5 Å². The highest BCUT2D eigenvalue weighted by molar-refractivity contribution is 8.16. The first-order chi connectivity index (χ1) is 15.5. The Morgan fingerprint density at radius 1 is 1.00 bits per heavy atom. The number of carbonyl (C=O) groups excluding carboxylic acids is 1. The summed E-state index contributed by atoms with van der Waals surface area (Å²) >= 11 is 3.88. The smallest absolute Gasteiger partial charge is 0.255 e. The third-order valence-corrected chi connectivity index (χ3v) is 10.6. The molecule has 2 aromatic rings. The zero-order chi connectivity index (χ0) is 22.6. The number of rotatable bonds is 6. The molecule has 1 amide bonds. The van der Waals surface area contributed by atoms with Gasteiger partial charge in [-0.25, -0.2) is 8.42 Å². The van der Waals surface area contributed by atoms with Crippen molar-refractivity contribution in [1.29, 1.82) is 0 Å². The van der Waals surface area contributed by atoms with Crippen molar-refractivity contribution in [2.24, 2.45) is 0 Å². The average molecular weight is 493 g/mol. The molecule has 0 radical (unpaired) electrons. The highest BCUT2D eigenvalue weighted by Gasteiger charge is 2.27. The molecule has 4 rings (SSSR count). The Hall–Kier alpha value is -1.68. The van der Waals surface area contributed by atoms with E-state index in [-0.39, 0.29) is 10.8 Å². The van der Waals surface area contributed by atoms with Gasteiger partial charge in [0.25, 0.3) is 5.91 Å². The molecule has 0 saturated carbocycles. The number of thioether (sulfide) groups is 2. The van der Waals surface area contributed by atoms with Crippen LogP contribution in [0, 0.1) is 0 Å². The number of nitrogens with zero attached hydrogens (tertiary/aromatic N) is 1. The first kappa shape index (κ1) is 23.5. The van der Waals surface area contributed by atoms with Crippen molar-refractivity contribution in [3.05, 3.63) is 53.6 Å². The number of benzene rings is 2. The van der Waals surface area contributed by atoms with Gasteiger partial charge >= 0.3 is 0 Å². The van der Waals surface area contributed by atoms with E-state index in [1.54, 1.807) is 6.07 Å². The summed E-state index contributed by atoms with van der Waals surface area (Å²) in [5, 5.41) is 2.83. The zero-order valence-electron chi connectivity index (χ0n) is 18.1. The first-order valence-electron chi connectivity index (χ1n) is 10.8. The predicted octanol–water partition coefficient (Wildman–Crippen LogP) is 4.99. The molecular formula is C23H28N2O4S3. The Bertz CT molecular complexity index is 1050. The minimum absolute atomic E-state index is 0.164. The van der Waals surface area contributed by atoms with Gasteiger partial charge < -0.3 is 10.1 Å². The van der Waals surface area contributed by atoms with Crippen LogP contribution in [-0.2, 0) is 10.0 Å². The molecule has 0 unspecified atom stereocenters. The van der Waals surface area contributed by atoms with Gasteiger partial charge in [-0.2, -0.15) is 4.31 Å². The molecule has 9 heteroatoms. The Labute approximate surface area is 198 Å². The Balaban J connectivity index is 1.52. The summed E-state index contributed by atoms with van der Waals surface area (Å²) in [6, 6.07) is 12.3. The predicted molar refractivity (Wildman–Crippen MR) is 132 cm³/mol. The van der Waals surface area contributed by atoms with Crippen molar-refractivity contribution >= 4 is 45.1 Å². The number of hydrogen-bond donors (Lipinski definition) is 1. The molecule has 2 heterocycles. The molecule has 2 aromatic carbocycles. The van der Waals surface area contributed by atoms with Crippen molar-refractivity contribution in [3.8, 4) is 5.75 Å². The largest absolute Gasteiger partial charge is 0.495 e. The van der Waals surface area contributed by atoms with Crippen molar-refractivity contribution in [1.82, 2.24) is 4.31 Å². The molecule has 0 bridgehead atoms. The first-order valence-corrected chi connectivity index (χ1v) is 14.4. The van der Waals surface area contributed by atoms with Gasteiger partial charge in [0.1, 0.15) is 5.75 Å². The van der Waals surface area contributed by atoms with E-state index in [2.05, 4.69) is 5.32 Å². The van der Waals surface area contributed by atoms with E-state index < -0.39 is 10.0 Å². The second-order valence-corrected chi connectivity index (χ2v) is 12.5. The van der Waals surface area contributed by atoms with Crippen LogP contribution in [0.25, 0.3) is 0 Å². The molecule has 172 valence electrons. The normalized spacial score (nSPS) is 18.3. The molecule has 1 N–H and O–H groups in total. The van der Waals surface area contributed by atoms with E-state index in [1.807, 2.05) is 47.8 Å². The third kappa shape index (κ3) is 5.27. The number of amides is 1. The fourth-order valence-electron chi connectivity index (χ4n) is 3.87. The molecule has 0 aliphatic carbocycles. The molecule has 0 atom stereocenters. The molecule has 2 aliphatic rings. The lowest BCUT2D eigenvalue weighted by Crippen LogP contribution is -2.35. The van der Waals surface area contributed by atoms with Crippen molar-refractivity contribution in [3.63, 3.8) is 0 Å². The number of carbonyl (C=O) groups is 1. The number of sulfonamides is 1. The van der Waals surface area contributed by atoms with Crippen LogP contribution >= 0.6 is 23.5 Å². The fourth-order valence-corrected chi connectivity index (χ4v) is 8.30. The van der Waals surface area contributed by atoms with E-state index in [0.29, 0.717) is 34.7 Å². The summed E-state index contributed by atoms with van der Waals surface area (Å²) in [7, 11) is -2.11. The third-order valence-electron chi connectivity index (χ3n) is 5.64. The zero-order valence-corrected chi connectivity index (χ0v) is 20.5. The second kappa shape index (κ2) is 10.5. The van der Waals surface area contributed by atoms with E-state index >= 15 is 0 Å². The average Bonchev–Trinajstić information content (AvgIpc) is 2.85. The highest BCUT2D eigenvalue weighted by Crippen LogP contribution is 2.43. The standard InChI is InChI=1S/C23H28N2O4S3/c1-29-21-11-10-19(32(27,28)25-12-3-2-4-13-25)16-20(21)24-22(26)17-6-8-18(9-7-17)23-30-14-5-15-31-23/h6-11,16,23H,2-5,12-15H2,1H3,(H,24,26). The fraction of sp³-hybridized carbons (Fsp3) is 0.435. The van der Waals surface area contributed by atoms with Crippen LogP contribution < -0.4 is 10.1 Å². The lowest BCUT2D eigenvalue weighted by molar-refractivity contribution is 0.102. The van der Waals surface area contributed by atoms with Gasteiger partial charge in [0.2, 0.25) is 10.0 Å². The van der Waals surface area contributed by atoms with Crippen molar-refractivity contribution in [2.75, 3.05) is 37.0 Å². The lowest BCUT2D eigenvalue weighted by atomic mass is 10.1. The van der Waals surface area contributed by atoms with Crippen molar-refractivity contribution in [2.45, 2.75) is 35.2 Å². The highest BCUT2D eigenvalue weighted by atomic mass is 32.2. The van der Waals surface area contributed by atoms with Gasteiger partial charge in [-0.1, -0.05) is 18.6 Å². The van der Waals surface area contributed by atoms with Gasteiger partial charge in [0.05, 0.1) is 22.3 Å². The van der Waals surface area contributed by atoms with Crippen LogP contribution in [0.1, 0.15) is 46.2 Å². The maximum atomic E-state index is 13.1. The van der Waals surface area contributed by atoms with Crippen LogP contribution in [0.15, 0.2) is 47.4 Å². The number of methoxy groups -OCH3 is 1. The molecule has 0 aromatic heterocycles. The van der Waals surface area contributed by atoms with E-state index in [0.717, 1.165) is 30.8 Å². The quantitative estimate of drug-likeness (QED) is 0.612. The number of anilines is 1. The van der Waals surface area contributed by atoms with Crippen LogP contribution in [0.3, 0.4) is 0 Å². The second-order valence-electron chi connectivity index (χ2n) is 7.83. The van der Waals surface area contributed by atoms with Crippen LogP contribution in [0.5, 0.6) is 5.75 Å². The number of ether oxygens (including phenoxy) is 1. The molecule has 2 fully saturated rings. The minimum atomic E-state index is -3.61. The van der Waals surface area contributed by atoms with E-state index in [4.69, 9.17) is 4.74 Å².